The van der Waals surface area contributed by atoms with E-state index in [0.29, 0.717) is 6.54 Å². The molecule has 2 aromatic rings. The first kappa shape index (κ1) is 23.4. The number of aromatic amines is 1. The van der Waals surface area contributed by atoms with E-state index in [1.807, 2.05) is 31.4 Å². The first-order chi connectivity index (χ1) is 12.7. The number of hydrogen-bond acceptors (Lipinski definition) is 3. The van der Waals surface area contributed by atoms with Crippen LogP contribution in [-0.4, -0.2) is 54.7 Å². The van der Waals surface area contributed by atoms with Gasteiger partial charge in [-0.2, -0.15) is 0 Å². The molecule has 0 radical (unpaired) electrons. The number of H-pyrrole nitrogens is 1. The number of rotatable bonds is 10. The molecule has 0 bridgehead atoms. The third-order valence-electron chi connectivity index (χ3n) is 4.06. The number of halogens is 1. The summed E-state index contributed by atoms with van der Waals surface area (Å²) in [6, 6.07) is 10.2. The zero-order chi connectivity index (χ0) is 18.6. The number of aliphatic imine (C=N–C) groups is 1. The summed E-state index contributed by atoms with van der Waals surface area (Å²) in [5, 5.41) is 3.37. The molecule has 1 heterocycles. The van der Waals surface area contributed by atoms with Crippen LogP contribution in [0.15, 0.2) is 41.5 Å². The van der Waals surface area contributed by atoms with Gasteiger partial charge in [0.2, 0.25) is 0 Å². The van der Waals surface area contributed by atoms with E-state index in [0.717, 1.165) is 55.6 Å². The van der Waals surface area contributed by atoms with Gasteiger partial charge in [0.05, 0.1) is 18.4 Å². The maximum absolute atomic E-state index is 5.58. The normalized spacial score (nSPS) is 11.1. The smallest absolute Gasteiger partial charge is 0.193 e. The van der Waals surface area contributed by atoms with Crippen LogP contribution in [0.5, 0.6) is 0 Å². The average Bonchev–Trinajstić information content (AvgIpc) is 3.13. The summed E-state index contributed by atoms with van der Waals surface area (Å²) in [5.41, 5.74) is 2.17. The van der Waals surface area contributed by atoms with Crippen molar-refractivity contribution in [3.05, 3.63) is 42.4 Å². The molecular formula is C20H32IN5O. The third-order valence-corrected chi connectivity index (χ3v) is 4.06. The lowest BCUT2D eigenvalue weighted by Crippen LogP contribution is -2.39. The first-order valence-corrected chi connectivity index (χ1v) is 9.33. The van der Waals surface area contributed by atoms with Crippen LogP contribution in [0.4, 0.5) is 0 Å². The summed E-state index contributed by atoms with van der Waals surface area (Å²) in [6.45, 7) is 5.32. The monoisotopic (exact) mass is 485 g/mol. The van der Waals surface area contributed by atoms with Crippen LogP contribution in [0.3, 0.4) is 0 Å². The van der Waals surface area contributed by atoms with Crippen LogP contribution in [0.25, 0.3) is 11.3 Å². The largest absolute Gasteiger partial charge is 0.381 e. The molecule has 150 valence electrons. The zero-order valence-corrected chi connectivity index (χ0v) is 18.9. The molecule has 1 aromatic heterocycles. The molecule has 0 saturated heterocycles. The van der Waals surface area contributed by atoms with Crippen molar-refractivity contribution >= 4 is 29.9 Å². The average molecular weight is 485 g/mol. The molecule has 7 heteroatoms. The summed E-state index contributed by atoms with van der Waals surface area (Å²) in [6.07, 6.45) is 5.15. The molecule has 1 aromatic carbocycles. The first-order valence-electron chi connectivity index (χ1n) is 9.33. The lowest BCUT2D eigenvalue weighted by molar-refractivity contribution is 0.129. The second-order valence-corrected chi connectivity index (χ2v) is 6.26. The molecule has 2 N–H and O–H groups in total. The van der Waals surface area contributed by atoms with Gasteiger partial charge in [-0.3, -0.25) is 4.99 Å². The summed E-state index contributed by atoms with van der Waals surface area (Å²) >= 11 is 0. The topological polar surface area (TPSA) is 65.5 Å². The third kappa shape index (κ3) is 8.30. The summed E-state index contributed by atoms with van der Waals surface area (Å²) in [4.78, 5) is 14.3. The van der Waals surface area contributed by atoms with Gasteiger partial charge >= 0.3 is 0 Å². The van der Waals surface area contributed by atoms with E-state index in [-0.39, 0.29) is 24.0 Å². The van der Waals surface area contributed by atoms with E-state index in [4.69, 9.17) is 4.74 Å². The number of nitrogens with one attached hydrogen (secondary N) is 2. The summed E-state index contributed by atoms with van der Waals surface area (Å²) < 4.78 is 5.58. The molecule has 0 atom stereocenters. The number of hydrogen-bond donors (Lipinski definition) is 2. The van der Waals surface area contributed by atoms with Crippen molar-refractivity contribution < 1.29 is 4.74 Å². The number of guanidine groups is 1. The highest BCUT2D eigenvalue weighted by Gasteiger charge is 2.09. The van der Waals surface area contributed by atoms with Crippen molar-refractivity contribution in [3.8, 4) is 11.3 Å². The Balaban J connectivity index is 0.00000364. The van der Waals surface area contributed by atoms with Gasteiger partial charge in [-0.25, -0.2) is 4.98 Å². The van der Waals surface area contributed by atoms with Crippen LogP contribution in [-0.2, 0) is 11.3 Å². The minimum Gasteiger partial charge on any atom is -0.381 e. The molecule has 2 rings (SSSR count). The van der Waals surface area contributed by atoms with Gasteiger partial charge in [0, 0.05) is 33.9 Å². The van der Waals surface area contributed by atoms with Gasteiger partial charge in [0.1, 0.15) is 5.82 Å². The lowest BCUT2D eigenvalue weighted by Gasteiger charge is -2.21. The SMILES string of the molecule is CCCCOCCCNC(=NC)N(C)Cc1ncc(-c2ccccc2)[nH]1.I. The zero-order valence-electron chi connectivity index (χ0n) is 16.6. The van der Waals surface area contributed by atoms with Crippen LogP contribution < -0.4 is 5.32 Å². The Kier molecular flexibility index (Phi) is 11.8. The van der Waals surface area contributed by atoms with Crippen molar-refractivity contribution in [1.29, 1.82) is 0 Å². The number of aromatic nitrogens is 2. The fourth-order valence-electron chi connectivity index (χ4n) is 2.61. The van der Waals surface area contributed by atoms with Gasteiger partial charge < -0.3 is 19.9 Å². The maximum Gasteiger partial charge on any atom is 0.193 e. The molecule has 6 nitrogen and oxygen atoms in total. The highest BCUT2D eigenvalue weighted by molar-refractivity contribution is 14.0. The van der Waals surface area contributed by atoms with Gasteiger partial charge in [0.25, 0.3) is 0 Å². The Morgan fingerprint density at radius 1 is 1.22 bits per heavy atom. The number of benzene rings is 1. The van der Waals surface area contributed by atoms with E-state index in [1.54, 1.807) is 7.05 Å². The fourth-order valence-corrected chi connectivity index (χ4v) is 2.61. The van der Waals surface area contributed by atoms with Crippen LogP contribution in [0.1, 0.15) is 32.0 Å². The molecule has 0 aliphatic heterocycles. The Bertz CT molecular complexity index is 659. The highest BCUT2D eigenvalue weighted by atomic mass is 127. The van der Waals surface area contributed by atoms with Gasteiger partial charge in [-0.05, 0) is 18.4 Å². The molecule has 27 heavy (non-hydrogen) atoms. The molecule has 0 aliphatic rings. The minimum absolute atomic E-state index is 0. The Labute approximate surface area is 179 Å². The predicted octanol–water partition coefficient (Wildman–Crippen LogP) is 3.91. The van der Waals surface area contributed by atoms with E-state index < -0.39 is 0 Å². The number of ether oxygens (including phenoxy) is 1. The van der Waals surface area contributed by atoms with Crippen LogP contribution >= 0.6 is 24.0 Å². The van der Waals surface area contributed by atoms with Crippen molar-refractivity contribution in [2.75, 3.05) is 33.9 Å². The molecule has 0 amide bonds. The van der Waals surface area contributed by atoms with Gasteiger partial charge in [-0.1, -0.05) is 43.7 Å². The van der Waals surface area contributed by atoms with Gasteiger partial charge in [0.15, 0.2) is 5.96 Å². The van der Waals surface area contributed by atoms with E-state index in [1.165, 1.54) is 6.42 Å². The van der Waals surface area contributed by atoms with Crippen molar-refractivity contribution in [2.24, 2.45) is 4.99 Å². The molecule has 0 unspecified atom stereocenters. The maximum atomic E-state index is 5.58. The minimum atomic E-state index is 0. The van der Waals surface area contributed by atoms with Crippen LogP contribution in [0.2, 0.25) is 0 Å². The lowest BCUT2D eigenvalue weighted by atomic mass is 10.2. The van der Waals surface area contributed by atoms with Crippen molar-refractivity contribution in [2.45, 2.75) is 32.7 Å². The number of imidazole rings is 1. The number of unbranched alkanes of at least 4 members (excludes halogenated alkanes) is 1. The van der Waals surface area contributed by atoms with Crippen molar-refractivity contribution in [3.63, 3.8) is 0 Å². The Morgan fingerprint density at radius 2 is 1.96 bits per heavy atom. The highest BCUT2D eigenvalue weighted by Crippen LogP contribution is 2.16. The van der Waals surface area contributed by atoms with Crippen LogP contribution in [0, 0.1) is 0 Å². The van der Waals surface area contributed by atoms with E-state index >= 15 is 0 Å². The molecule has 0 saturated carbocycles. The second kappa shape index (κ2) is 13.5. The van der Waals surface area contributed by atoms with E-state index in [9.17, 15) is 0 Å². The van der Waals surface area contributed by atoms with Crippen molar-refractivity contribution in [1.82, 2.24) is 20.2 Å². The standard InChI is InChI=1S/C20H31N5O.HI/c1-4-5-13-26-14-9-12-22-20(21-2)25(3)16-19-23-15-18(24-19)17-10-7-6-8-11-17;/h6-8,10-11,15H,4-5,9,12-14,16H2,1-3H3,(H,21,22)(H,23,24);1H. The quantitative estimate of drug-likeness (QED) is 0.232. The Morgan fingerprint density at radius 3 is 2.67 bits per heavy atom. The Hall–Kier alpha value is -1.61. The fraction of sp³-hybridized carbons (Fsp3) is 0.500. The molecule has 0 aliphatic carbocycles. The summed E-state index contributed by atoms with van der Waals surface area (Å²) in [5.74, 6) is 1.77. The molecular weight excluding hydrogens is 453 g/mol. The number of nitrogens with zero attached hydrogens (tertiary/aromatic N) is 3. The van der Waals surface area contributed by atoms with E-state index in [2.05, 4.69) is 44.2 Å². The molecule has 0 spiro atoms. The van der Waals surface area contributed by atoms with Gasteiger partial charge in [-0.15, -0.1) is 24.0 Å². The predicted molar refractivity (Wildman–Crippen MR) is 123 cm³/mol. The molecule has 0 fully saturated rings. The summed E-state index contributed by atoms with van der Waals surface area (Å²) in [7, 11) is 3.81. The second-order valence-electron chi connectivity index (χ2n) is 6.26.